The minimum atomic E-state index is -0.317. The number of rotatable bonds is 6. The Hall–Kier alpha value is -3.48. The van der Waals surface area contributed by atoms with E-state index in [0.29, 0.717) is 11.0 Å². The SMILES string of the molecule is CC(NC(=O)Cn1c(=O)cnc2ccccc21)c1ccc(NC(=O)C2CC2)cc1. The third kappa shape index (κ3) is 4.34. The van der Waals surface area contributed by atoms with Crippen molar-refractivity contribution in [3.8, 4) is 0 Å². The van der Waals surface area contributed by atoms with Gasteiger partial charge in [-0.25, -0.2) is 4.98 Å². The second-order valence-electron chi connectivity index (χ2n) is 7.35. The first-order valence-corrected chi connectivity index (χ1v) is 9.66. The van der Waals surface area contributed by atoms with E-state index < -0.39 is 0 Å². The van der Waals surface area contributed by atoms with Gasteiger partial charge < -0.3 is 10.6 Å². The zero-order chi connectivity index (χ0) is 20.4. The first kappa shape index (κ1) is 18.9. The highest BCUT2D eigenvalue weighted by molar-refractivity contribution is 5.94. The molecule has 1 aliphatic carbocycles. The number of hydrogen-bond acceptors (Lipinski definition) is 4. The summed E-state index contributed by atoms with van der Waals surface area (Å²) in [4.78, 5) is 40.7. The van der Waals surface area contributed by atoms with E-state index in [9.17, 15) is 14.4 Å². The van der Waals surface area contributed by atoms with Crippen LogP contribution in [0, 0.1) is 5.92 Å². The lowest BCUT2D eigenvalue weighted by Crippen LogP contribution is -2.34. The van der Waals surface area contributed by atoms with Gasteiger partial charge in [-0.3, -0.25) is 19.0 Å². The number of fused-ring (bicyclic) bond motifs is 1. The number of amides is 2. The molecule has 0 aliphatic heterocycles. The summed E-state index contributed by atoms with van der Waals surface area (Å²) in [6, 6.07) is 14.4. The molecule has 1 aromatic heterocycles. The van der Waals surface area contributed by atoms with Crippen molar-refractivity contribution in [3.05, 3.63) is 70.6 Å². The van der Waals surface area contributed by atoms with Crippen molar-refractivity contribution in [2.24, 2.45) is 5.92 Å². The lowest BCUT2D eigenvalue weighted by atomic mass is 10.1. The van der Waals surface area contributed by atoms with Crippen molar-refractivity contribution >= 4 is 28.5 Å². The van der Waals surface area contributed by atoms with E-state index in [1.165, 1.54) is 10.8 Å². The highest BCUT2D eigenvalue weighted by Gasteiger charge is 2.29. The third-order valence-corrected chi connectivity index (χ3v) is 5.06. The number of carbonyl (C=O) groups is 2. The molecule has 0 saturated heterocycles. The molecule has 2 N–H and O–H groups in total. The van der Waals surface area contributed by atoms with E-state index in [2.05, 4.69) is 15.6 Å². The summed E-state index contributed by atoms with van der Waals surface area (Å²) < 4.78 is 1.42. The lowest BCUT2D eigenvalue weighted by molar-refractivity contribution is -0.122. The first-order valence-electron chi connectivity index (χ1n) is 9.66. The Morgan fingerprint density at radius 3 is 2.59 bits per heavy atom. The summed E-state index contributed by atoms with van der Waals surface area (Å²) in [5.74, 6) is -0.0447. The van der Waals surface area contributed by atoms with E-state index in [-0.39, 0.29) is 35.9 Å². The fourth-order valence-corrected chi connectivity index (χ4v) is 3.24. The number of hydrogen-bond donors (Lipinski definition) is 2. The molecule has 4 rings (SSSR count). The molecular weight excluding hydrogens is 368 g/mol. The van der Waals surface area contributed by atoms with Crippen LogP contribution in [0.1, 0.15) is 31.4 Å². The van der Waals surface area contributed by atoms with Gasteiger partial charge in [-0.2, -0.15) is 0 Å². The Balaban J connectivity index is 1.41. The normalized spacial score (nSPS) is 14.4. The van der Waals surface area contributed by atoms with Crippen LogP contribution >= 0.6 is 0 Å². The van der Waals surface area contributed by atoms with Crippen molar-refractivity contribution in [1.82, 2.24) is 14.9 Å². The zero-order valence-corrected chi connectivity index (χ0v) is 16.1. The summed E-state index contributed by atoms with van der Waals surface area (Å²) in [7, 11) is 0. The standard InChI is InChI=1S/C22H22N4O3/c1-14(15-8-10-17(11-9-15)25-22(29)16-6-7-16)24-20(27)13-26-19-5-3-2-4-18(19)23-12-21(26)28/h2-5,8-12,14,16H,6-7,13H2,1H3,(H,24,27)(H,25,29). The monoisotopic (exact) mass is 390 g/mol. The largest absolute Gasteiger partial charge is 0.348 e. The summed E-state index contributed by atoms with van der Waals surface area (Å²) >= 11 is 0. The molecule has 7 nitrogen and oxygen atoms in total. The molecule has 0 bridgehead atoms. The highest BCUT2D eigenvalue weighted by Crippen LogP contribution is 2.30. The Morgan fingerprint density at radius 1 is 1.14 bits per heavy atom. The van der Waals surface area contributed by atoms with Gasteiger partial charge in [0, 0.05) is 11.6 Å². The molecule has 0 spiro atoms. The molecule has 1 saturated carbocycles. The van der Waals surface area contributed by atoms with E-state index in [1.807, 2.05) is 43.3 Å². The molecule has 1 unspecified atom stereocenters. The maximum Gasteiger partial charge on any atom is 0.269 e. The summed E-state index contributed by atoms with van der Waals surface area (Å²) in [5, 5.41) is 5.82. The van der Waals surface area contributed by atoms with Crippen molar-refractivity contribution in [1.29, 1.82) is 0 Å². The van der Waals surface area contributed by atoms with Crippen molar-refractivity contribution in [3.63, 3.8) is 0 Å². The predicted octanol–water partition coefficient (Wildman–Crippen LogP) is 2.62. The number of nitrogens with one attached hydrogen (secondary N) is 2. The Labute approximate surface area is 167 Å². The average molecular weight is 390 g/mol. The molecule has 148 valence electrons. The molecule has 2 amide bonds. The summed E-state index contributed by atoms with van der Waals surface area (Å²) in [5.41, 5.74) is 2.63. The van der Waals surface area contributed by atoms with E-state index >= 15 is 0 Å². The van der Waals surface area contributed by atoms with Gasteiger partial charge in [-0.15, -0.1) is 0 Å². The molecule has 1 aliphatic rings. The van der Waals surface area contributed by atoms with Crippen molar-refractivity contribution in [2.75, 3.05) is 5.32 Å². The van der Waals surface area contributed by atoms with Crippen LogP contribution in [0.4, 0.5) is 5.69 Å². The second-order valence-corrected chi connectivity index (χ2v) is 7.35. The fourth-order valence-electron chi connectivity index (χ4n) is 3.24. The molecule has 3 aromatic rings. The van der Waals surface area contributed by atoms with Crippen molar-refractivity contribution < 1.29 is 9.59 Å². The van der Waals surface area contributed by atoms with E-state index in [0.717, 1.165) is 24.1 Å². The number of anilines is 1. The highest BCUT2D eigenvalue weighted by atomic mass is 16.2. The quantitative estimate of drug-likeness (QED) is 0.677. The van der Waals surface area contributed by atoms with Crippen LogP contribution in [0.5, 0.6) is 0 Å². The van der Waals surface area contributed by atoms with Gasteiger partial charge in [0.15, 0.2) is 0 Å². The predicted molar refractivity (Wildman–Crippen MR) is 110 cm³/mol. The second kappa shape index (κ2) is 7.87. The van der Waals surface area contributed by atoms with Gasteiger partial charge in [0.25, 0.3) is 5.56 Å². The number of benzene rings is 2. The van der Waals surface area contributed by atoms with E-state index in [1.54, 1.807) is 12.1 Å². The van der Waals surface area contributed by atoms with Gasteiger partial charge in [0.2, 0.25) is 11.8 Å². The Kier molecular flexibility index (Phi) is 5.12. The summed E-state index contributed by atoms with van der Waals surface area (Å²) in [6.07, 6.45) is 3.15. The van der Waals surface area contributed by atoms with Crippen LogP contribution in [0.25, 0.3) is 11.0 Å². The summed E-state index contributed by atoms with van der Waals surface area (Å²) in [6.45, 7) is 1.80. The molecule has 0 radical (unpaired) electrons. The zero-order valence-electron chi connectivity index (χ0n) is 16.1. The van der Waals surface area contributed by atoms with Crippen LogP contribution in [0.2, 0.25) is 0 Å². The number of nitrogens with zero attached hydrogens (tertiary/aromatic N) is 2. The number of para-hydroxylation sites is 2. The number of carbonyl (C=O) groups excluding carboxylic acids is 2. The van der Waals surface area contributed by atoms with Crippen LogP contribution in [0.15, 0.2) is 59.5 Å². The molecule has 29 heavy (non-hydrogen) atoms. The molecular formula is C22H22N4O3. The Morgan fingerprint density at radius 2 is 1.86 bits per heavy atom. The smallest absolute Gasteiger partial charge is 0.269 e. The lowest BCUT2D eigenvalue weighted by Gasteiger charge is -2.16. The van der Waals surface area contributed by atoms with Gasteiger partial charge >= 0.3 is 0 Å². The third-order valence-electron chi connectivity index (χ3n) is 5.06. The molecule has 2 aromatic carbocycles. The van der Waals surface area contributed by atoms with Crippen LogP contribution in [-0.4, -0.2) is 21.4 Å². The van der Waals surface area contributed by atoms with Crippen LogP contribution in [0.3, 0.4) is 0 Å². The maximum absolute atomic E-state index is 12.5. The minimum Gasteiger partial charge on any atom is -0.348 e. The average Bonchev–Trinajstić information content (AvgIpc) is 3.56. The Bertz CT molecular complexity index is 1120. The van der Waals surface area contributed by atoms with E-state index in [4.69, 9.17) is 0 Å². The first-order chi connectivity index (χ1) is 14.0. The number of aromatic nitrogens is 2. The van der Waals surface area contributed by atoms with Crippen LogP contribution < -0.4 is 16.2 Å². The molecule has 1 fully saturated rings. The topological polar surface area (TPSA) is 93.1 Å². The molecule has 7 heteroatoms. The fraction of sp³-hybridized carbons (Fsp3) is 0.273. The maximum atomic E-state index is 12.5. The minimum absolute atomic E-state index is 0.0640. The van der Waals surface area contributed by atoms with Gasteiger partial charge in [0.05, 0.1) is 23.3 Å². The van der Waals surface area contributed by atoms with Gasteiger partial charge in [0.1, 0.15) is 6.54 Å². The van der Waals surface area contributed by atoms with Crippen LogP contribution in [-0.2, 0) is 16.1 Å². The van der Waals surface area contributed by atoms with Gasteiger partial charge in [-0.05, 0) is 49.6 Å². The molecule has 1 atom stereocenters. The van der Waals surface area contributed by atoms with Gasteiger partial charge in [-0.1, -0.05) is 24.3 Å². The molecule has 1 heterocycles. The van der Waals surface area contributed by atoms with Crippen molar-refractivity contribution in [2.45, 2.75) is 32.4 Å².